The number of rotatable bonds is 5. The van der Waals surface area contributed by atoms with Gasteiger partial charge in [0, 0.05) is 6.54 Å². The van der Waals surface area contributed by atoms with Gasteiger partial charge in [0.1, 0.15) is 11.7 Å². The molecule has 1 saturated heterocycles. The summed E-state index contributed by atoms with van der Waals surface area (Å²) in [7, 11) is 0. The van der Waals surface area contributed by atoms with Gasteiger partial charge in [-0.05, 0) is 20.3 Å². The number of carboxylic acids is 1. The normalized spacial score (nSPS) is 21.9. The van der Waals surface area contributed by atoms with Crippen LogP contribution in [0.3, 0.4) is 0 Å². The molecular weight excluding hydrogens is 258 g/mol. The molecule has 0 radical (unpaired) electrons. The van der Waals surface area contributed by atoms with Crippen LogP contribution in [0.2, 0.25) is 0 Å². The summed E-state index contributed by atoms with van der Waals surface area (Å²) in [6, 6.07) is -0.177. The van der Waals surface area contributed by atoms with Gasteiger partial charge in [-0.1, -0.05) is 6.92 Å². The summed E-state index contributed by atoms with van der Waals surface area (Å²) in [5.41, 5.74) is 1.76. The first-order valence-corrected chi connectivity index (χ1v) is 6.92. The number of ether oxygens (including phenoxy) is 1. The van der Waals surface area contributed by atoms with E-state index in [4.69, 9.17) is 4.74 Å². The number of anilines is 1. The molecule has 2 rings (SSSR count). The lowest BCUT2D eigenvalue weighted by molar-refractivity contribution is -0.142. The molecule has 2 heterocycles. The van der Waals surface area contributed by atoms with E-state index in [2.05, 4.69) is 16.9 Å². The maximum absolute atomic E-state index is 11.3. The van der Waals surface area contributed by atoms with Gasteiger partial charge in [0.05, 0.1) is 36.8 Å². The van der Waals surface area contributed by atoms with E-state index in [1.807, 2.05) is 18.7 Å². The third-order valence-corrected chi connectivity index (χ3v) is 3.71. The molecule has 1 aliphatic heterocycles. The van der Waals surface area contributed by atoms with Crippen molar-refractivity contribution < 1.29 is 14.6 Å². The van der Waals surface area contributed by atoms with E-state index in [9.17, 15) is 9.90 Å². The van der Waals surface area contributed by atoms with Crippen LogP contribution >= 0.6 is 0 Å². The molecule has 0 aliphatic carbocycles. The molecule has 0 saturated carbocycles. The van der Waals surface area contributed by atoms with Crippen LogP contribution in [0.25, 0.3) is 0 Å². The zero-order valence-electron chi connectivity index (χ0n) is 12.2. The van der Waals surface area contributed by atoms with Gasteiger partial charge in [-0.25, -0.2) is 4.98 Å². The van der Waals surface area contributed by atoms with Crippen LogP contribution in [-0.4, -0.2) is 46.8 Å². The Labute approximate surface area is 118 Å². The quantitative estimate of drug-likeness (QED) is 0.878. The maximum atomic E-state index is 11.3. The van der Waals surface area contributed by atoms with Gasteiger partial charge >= 0.3 is 5.97 Å². The monoisotopic (exact) mass is 279 g/mol. The van der Waals surface area contributed by atoms with Crippen molar-refractivity contribution >= 4 is 11.8 Å². The summed E-state index contributed by atoms with van der Waals surface area (Å²) in [6.07, 6.45) is 2.63. The minimum Gasteiger partial charge on any atom is -0.481 e. The lowest BCUT2D eigenvalue weighted by Gasteiger charge is -2.31. The molecular formula is C14H21N3O3. The molecule has 110 valence electrons. The molecule has 0 spiro atoms. The topological polar surface area (TPSA) is 75.5 Å². The van der Waals surface area contributed by atoms with E-state index in [0.717, 1.165) is 30.2 Å². The standard InChI is InChI=1S/C14H21N3O3/c1-4-5-17(12-8-20-7-11(12)14(18)19)13-6-15-9(2)10(3)16-13/h6,11-12H,4-5,7-8H2,1-3H3,(H,18,19). The van der Waals surface area contributed by atoms with Crippen LogP contribution in [0.5, 0.6) is 0 Å². The molecule has 6 nitrogen and oxygen atoms in total. The number of aryl methyl sites for hydroxylation is 2. The molecule has 0 aromatic carbocycles. The Kier molecular flexibility index (Phi) is 4.54. The Morgan fingerprint density at radius 3 is 2.80 bits per heavy atom. The summed E-state index contributed by atoms with van der Waals surface area (Å²) in [6.45, 7) is 7.32. The molecule has 2 unspecified atom stereocenters. The van der Waals surface area contributed by atoms with Crippen LogP contribution in [0.15, 0.2) is 6.20 Å². The Morgan fingerprint density at radius 2 is 2.20 bits per heavy atom. The number of aromatic nitrogens is 2. The van der Waals surface area contributed by atoms with Crippen LogP contribution in [-0.2, 0) is 9.53 Å². The maximum Gasteiger partial charge on any atom is 0.311 e. The van der Waals surface area contributed by atoms with Gasteiger partial charge in [-0.3, -0.25) is 9.78 Å². The minimum atomic E-state index is -0.814. The largest absolute Gasteiger partial charge is 0.481 e. The smallest absolute Gasteiger partial charge is 0.311 e. The van der Waals surface area contributed by atoms with E-state index in [1.54, 1.807) is 6.20 Å². The lowest BCUT2D eigenvalue weighted by Crippen LogP contribution is -2.44. The highest BCUT2D eigenvalue weighted by Gasteiger charge is 2.38. The summed E-state index contributed by atoms with van der Waals surface area (Å²) in [5, 5.41) is 9.30. The highest BCUT2D eigenvalue weighted by atomic mass is 16.5. The second kappa shape index (κ2) is 6.17. The van der Waals surface area contributed by atoms with Crippen molar-refractivity contribution in [3.05, 3.63) is 17.6 Å². The minimum absolute atomic E-state index is 0.177. The van der Waals surface area contributed by atoms with Crippen molar-refractivity contribution in [2.24, 2.45) is 5.92 Å². The van der Waals surface area contributed by atoms with Gasteiger partial charge in [0.25, 0.3) is 0 Å². The Bertz CT molecular complexity index is 493. The van der Waals surface area contributed by atoms with Crippen LogP contribution in [0.1, 0.15) is 24.7 Å². The molecule has 20 heavy (non-hydrogen) atoms. The zero-order valence-corrected chi connectivity index (χ0v) is 12.2. The van der Waals surface area contributed by atoms with E-state index in [1.165, 1.54) is 0 Å². The molecule has 0 bridgehead atoms. The third kappa shape index (κ3) is 2.90. The van der Waals surface area contributed by atoms with E-state index >= 15 is 0 Å². The van der Waals surface area contributed by atoms with Crippen molar-refractivity contribution in [2.45, 2.75) is 33.2 Å². The van der Waals surface area contributed by atoms with Gasteiger partial charge in [0.2, 0.25) is 0 Å². The van der Waals surface area contributed by atoms with E-state index in [0.29, 0.717) is 6.61 Å². The molecule has 1 aromatic rings. The molecule has 1 aromatic heterocycles. The lowest BCUT2D eigenvalue weighted by atomic mass is 10.0. The second-order valence-electron chi connectivity index (χ2n) is 5.14. The molecule has 1 N–H and O–H groups in total. The third-order valence-electron chi connectivity index (χ3n) is 3.71. The first kappa shape index (κ1) is 14.7. The zero-order chi connectivity index (χ0) is 14.7. The molecule has 1 fully saturated rings. The highest BCUT2D eigenvalue weighted by molar-refractivity contribution is 5.72. The van der Waals surface area contributed by atoms with Crippen molar-refractivity contribution in [2.75, 3.05) is 24.7 Å². The van der Waals surface area contributed by atoms with Crippen molar-refractivity contribution in [3.8, 4) is 0 Å². The number of nitrogens with zero attached hydrogens (tertiary/aromatic N) is 3. The van der Waals surface area contributed by atoms with Gasteiger partial charge in [-0.15, -0.1) is 0 Å². The van der Waals surface area contributed by atoms with Crippen molar-refractivity contribution in [3.63, 3.8) is 0 Å². The molecule has 0 amide bonds. The van der Waals surface area contributed by atoms with Gasteiger partial charge < -0.3 is 14.7 Å². The number of hydrogen-bond donors (Lipinski definition) is 1. The van der Waals surface area contributed by atoms with Crippen LogP contribution in [0, 0.1) is 19.8 Å². The molecule has 6 heteroatoms. The Hall–Kier alpha value is -1.69. The molecule has 1 aliphatic rings. The fourth-order valence-corrected chi connectivity index (χ4v) is 2.45. The Morgan fingerprint density at radius 1 is 1.45 bits per heavy atom. The predicted octanol–water partition coefficient (Wildman–Crippen LogP) is 1.41. The average molecular weight is 279 g/mol. The number of carboxylic acid groups (broad SMARTS) is 1. The van der Waals surface area contributed by atoms with E-state index in [-0.39, 0.29) is 12.6 Å². The summed E-state index contributed by atoms with van der Waals surface area (Å²) in [5.74, 6) is -0.591. The number of hydrogen-bond acceptors (Lipinski definition) is 5. The average Bonchev–Trinajstić information content (AvgIpc) is 2.88. The van der Waals surface area contributed by atoms with Gasteiger partial charge in [0.15, 0.2) is 0 Å². The molecule has 2 atom stereocenters. The summed E-state index contributed by atoms with van der Waals surface area (Å²) < 4.78 is 5.36. The van der Waals surface area contributed by atoms with Crippen molar-refractivity contribution in [1.82, 2.24) is 9.97 Å². The van der Waals surface area contributed by atoms with E-state index < -0.39 is 11.9 Å². The summed E-state index contributed by atoms with van der Waals surface area (Å²) in [4.78, 5) is 22.2. The van der Waals surface area contributed by atoms with Crippen LogP contribution in [0.4, 0.5) is 5.82 Å². The Balaban J connectivity index is 2.30. The fraction of sp³-hybridized carbons (Fsp3) is 0.643. The summed E-state index contributed by atoms with van der Waals surface area (Å²) >= 11 is 0. The number of aliphatic carboxylic acids is 1. The highest BCUT2D eigenvalue weighted by Crippen LogP contribution is 2.25. The van der Waals surface area contributed by atoms with Gasteiger partial charge in [-0.2, -0.15) is 0 Å². The fourth-order valence-electron chi connectivity index (χ4n) is 2.45. The predicted molar refractivity (Wildman–Crippen MR) is 74.9 cm³/mol. The van der Waals surface area contributed by atoms with Crippen molar-refractivity contribution in [1.29, 1.82) is 0 Å². The second-order valence-corrected chi connectivity index (χ2v) is 5.14. The number of carbonyl (C=O) groups is 1. The van der Waals surface area contributed by atoms with Crippen LogP contribution < -0.4 is 4.90 Å². The first-order chi connectivity index (χ1) is 9.54. The SMILES string of the molecule is CCCN(c1cnc(C)c(C)n1)C1COCC1C(=O)O. The first-order valence-electron chi connectivity index (χ1n) is 6.92.